The van der Waals surface area contributed by atoms with Gasteiger partial charge in [0.1, 0.15) is 5.82 Å². The summed E-state index contributed by atoms with van der Waals surface area (Å²) in [6, 6.07) is 73.6. The predicted molar refractivity (Wildman–Crippen MR) is 245 cm³/mol. The van der Waals surface area contributed by atoms with E-state index in [2.05, 4.69) is 205 Å². The molecule has 59 heavy (non-hydrogen) atoms. The summed E-state index contributed by atoms with van der Waals surface area (Å²) in [5, 5.41) is 2.38. The van der Waals surface area contributed by atoms with E-state index < -0.39 is 0 Å². The molecule has 4 heteroatoms. The summed E-state index contributed by atoms with van der Waals surface area (Å²) in [7, 11) is 0. The third kappa shape index (κ3) is 5.83. The fraction of sp³-hybridized carbons (Fsp3) is 0.0545. The van der Waals surface area contributed by atoms with E-state index in [1.165, 1.54) is 44.2 Å². The van der Waals surface area contributed by atoms with Crippen LogP contribution in [0.5, 0.6) is 0 Å². The van der Waals surface area contributed by atoms with Gasteiger partial charge in [-0.2, -0.15) is 0 Å². The highest BCUT2D eigenvalue weighted by Crippen LogP contribution is 2.52. The van der Waals surface area contributed by atoms with E-state index in [0.29, 0.717) is 5.82 Å². The lowest BCUT2D eigenvalue weighted by molar-refractivity contribution is 0.660. The molecule has 1 aliphatic rings. The lowest BCUT2D eigenvalue weighted by Gasteiger charge is -2.28. The first kappa shape index (κ1) is 34.7. The molecule has 0 amide bonds. The number of hydrogen-bond acceptors (Lipinski definition) is 3. The average molecular weight is 757 g/mol. The Kier molecular flexibility index (Phi) is 8.12. The fourth-order valence-electron chi connectivity index (χ4n) is 9.07. The Bertz CT molecular complexity index is 3070. The molecule has 0 atom stereocenters. The normalized spacial score (nSPS) is 12.7. The Labute approximate surface area is 344 Å². The van der Waals surface area contributed by atoms with Crippen LogP contribution in [0.25, 0.3) is 72.5 Å². The van der Waals surface area contributed by atoms with Crippen molar-refractivity contribution in [2.45, 2.75) is 19.3 Å². The van der Waals surface area contributed by atoms with E-state index in [9.17, 15) is 0 Å². The number of nitrogens with zero attached hydrogens (tertiary/aromatic N) is 4. The van der Waals surface area contributed by atoms with Gasteiger partial charge in [-0.25, -0.2) is 9.97 Å². The quantitative estimate of drug-likeness (QED) is 0.162. The van der Waals surface area contributed by atoms with Gasteiger partial charge in [0.25, 0.3) is 0 Å². The van der Waals surface area contributed by atoms with E-state index in [-0.39, 0.29) is 5.41 Å². The van der Waals surface area contributed by atoms with Crippen molar-refractivity contribution in [1.82, 2.24) is 14.5 Å². The van der Waals surface area contributed by atoms with Gasteiger partial charge in [-0.3, -0.25) is 4.57 Å². The molecule has 0 saturated heterocycles. The highest BCUT2D eigenvalue weighted by Gasteiger charge is 2.36. The number of aromatic nitrogens is 3. The topological polar surface area (TPSA) is 34.0 Å². The largest absolute Gasteiger partial charge is 0.310 e. The standard InChI is InChI=1S/C55H40N4/c1-55(2)48-34-40(27-30-44(48)45-31-29-43(35-49(45)55)58(41-21-11-5-12-22-41)42-23-13-6-14-24-42)39-28-32-52-47(33-39)46-25-15-16-26-51(46)59(52)53-36-50(37-17-7-3-8-18-37)56-54(57-53)38-19-9-4-10-20-38/h3-36H,1-2H3. The van der Waals surface area contributed by atoms with Gasteiger partial charge in [0.05, 0.1) is 16.7 Å². The van der Waals surface area contributed by atoms with E-state index in [0.717, 1.165) is 50.7 Å². The maximum absolute atomic E-state index is 5.23. The Morgan fingerprint density at radius 1 is 0.407 bits per heavy atom. The Morgan fingerprint density at radius 2 is 0.949 bits per heavy atom. The first-order chi connectivity index (χ1) is 29.0. The summed E-state index contributed by atoms with van der Waals surface area (Å²) in [5.74, 6) is 1.54. The molecule has 4 nitrogen and oxygen atoms in total. The minimum absolute atomic E-state index is 0.199. The van der Waals surface area contributed by atoms with Crippen LogP contribution in [0.1, 0.15) is 25.0 Å². The fourth-order valence-corrected chi connectivity index (χ4v) is 9.07. The van der Waals surface area contributed by atoms with E-state index in [1.807, 2.05) is 24.3 Å². The summed E-state index contributed by atoms with van der Waals surface area (Å²) in [5.41, 5.74) is 16.1. The molecule has 280 valence electrons. The highest BCUT2D eigenvalue weighted by atomic mass is 15.1. The van der Waals surface area contributed by atoms with Crippen LogP contribution in [-0.4, -0.2) is 14.5 Å². The van der Waals surface area contributed by atoms with Crippen molar-refractivity contribution in [3.63, 3.8) is 0 Å². The molecule has 1 aliphatic carbocycles. The summed E-state index contributed by atoms with van der Waals surface area (Å²) in [6.07, 6.45) is 0. The summed E-state index contributed by atoms with van der Waals surface area (Å²) < 4.78 is 2.29. The lowest BCUT2D eigenvalue weighted by atomic mass is 9.81. The molecule has 10 aromatic rings. The van der Waals surface area contributed by atoms with Crippen molar-refractivity contribution >= 4 is 38.9 Å². The van der Waals surface area contributed by atoms with Crippen LogP contribution >= 0.6 is 0 Å². The van der Waals surface area contributed by atoms with Gasteiger partial charge in [0.2, 0.25) is 0 Å². The number of para-hydroxylation sites is 3. The second-order valence-electron chi connectivity index (χ2n) is 15.9. The molecule has 11 rings (SSSR count). The zero-order chi connectivity index (χ0) is 39.5. The van der Waals surface area contributed by atoms with Gasteiger partial charge in [-0.1, -0.05) is 153 Å². The van der Waals surface area contributed by atoms with Gasteiger partial charge < -0.3 is 4.90 Å². The molecule has 8 aromatic carbocycles. The van der Waals surface area contributed by atoms with Gasteiger partial charge >= 0.3 is 0 Å². The predicted octanol–water partition coefficient (Wildman–Crippen LogP) is 14.4. The zero-order valence-corrected chi connectivity index (χ0v) is 32.9. The minimum atomic E-state index is -0.199. The first-order valence-electron chi connectivity index (χ1n) is 20.2. The highest BCUT2D eigenvalue weighted by molar-refractivity contribution is 6.10. The second kappa shape index (κ2) is 13.8. The molecule has 2 aromatic heterocycles. The molecule has 0 radical (unpaired) electrons. The van der Waals surface area contributed by atoms with Gasteiger partial charge in [-0.15, -0.1) is 0 Å². The van der Waals surface area contributed by atoms with Crippen molar-refractivity contribution in [3.8, 4) is 50.7 Å². The first-order valence-corrected chi connectivity index (χ1v) is 20.2. The number of fused-ring (bicyclic) bond motifs is 6. The van der Waals surface area contributed by atoms with Crippen LogP contribution in [0.4, 0.5) is 17.1 Å². The third-order valence-electron chi connectivity index (χ3n) is 12.0. The van der Waals surface area contributed by atoms with E-state index in [4.69, 9.17) is 9.97 Å². The molecule has 2 heterocycles. The number of benzene rings is 8. The average Bonchev–Trinajstić information content (AvgIpc) is 3.75. The SMILES string of the molecule is CC1(C)c2cc(-c3ccc4c(c3)c3ccccc3n4-c3cc(-c4ccccc4)nc(-c4ccccc4)n3)ccc2-c2ccc(N(c3ccccc3)c3ccccc3)cc21. The van der Waals surface area contributed by atoms with Gasteiger partial charge in [-0.05, 0) is 94.0 Å². The number of anilines is 3. The molecule has 0 saturated carbocycles. The maximum atomic E-state index is 5.23. The number of rotatable bonds is 7. The van der Waals surface area contributed by atoms with Crippen LogP contribution < -0.4 is 4.90 Å². The molecule has 0 spiro atoms. The van der Waals surface area contributed by atoms with Crippen molar-refractivity contribution in [1.29, 1.82) is 0 Å². The van der Waals surface area contributed by atoms with Gasteiger partial charge in [0, 0.05) is 50.4 Å². The Morgan fingerprint density at radius 3 is 1.64 bits per heavy atom. The third-order valence-corrected chi connectivity index (χ3v) is 12.0. The minimum Gasteiger partial charge on any atom is -0.310 e. The van der Waals surface area contributed by atoms with Crippen molar-refractivity contribution in [2.75, 3.05) is 4.90 Å². The molecule has 0 fully saturated rings. The second-order valence-corrected chi connectivity index (χ2v) is 15.9. The zero-order valence-electron chi connectivity index (χ0n) is 32.9. The molecule has 0 N–H and O–H groups in total. The van der Waals surface area contributed by atoms with Crippen LogP contribution in [0.15, 0.2) is 206 Å². The molecular weight excluding hydrogens is 717 g/mol. The summed E-state index contributed by atoms with van der Waals surface area (Å²) in [6.45, 7) is 4.74. The van der Waals surface area contributed by atoms with Crippen molar-refractivity contribution in [3.05, 3.63) is 217 Å². The molecule has 0 bridgehead atoms. The molecular formula is C55H40N4. The summed E-state index contributed by atoms with van der Waals surface area (Å²) in [4.78, 5) is 12.6. The van der Waals surface area contributed by atoms with Crippen LogP contribution in [0.2, 0.25) is 0 Å². The van der Waals surface area contributed by atoms with Crippen LogP contribution in [-0.2, 0) is 5.41 Å². The number of hydrogen-bond donors (Lipinski definition) is 0. The molecule has 0 aliphatic heterocycles. The van der Waals surface area contributed by atoms with Crippen LogP contribution in [0.3, 0.4) is 0 Å². The van der Waals surface area contributed by atoms with Crippen molar-refractivity contribution < 1.29 is 0 Å². The lowest BCUT2D eigenvalue weighted by Crippen LogP contribution is -2.16. The smallest absolute Gasteiger partial charge is 0.162 e. The molecule has 0 unspecified atom stereocenters. The van der Waals surface area contributed by atoms with Crippen LogP contribution in [0, 0.1) is 0 Å². The van der Waals surface area contributed by atoms with E-state index >= 15 is 0 Å². The Balaban J connectivity index is 1.01. The van der Waals surface area contributed by atoms with Crippen molar-refractivity contribution in [2.24, 2.45) is 0 Å². The van der Waals surface area contributed by atoms with E-state index in [1.54, 1.807) is 0 Å². The maximum Gasteiger partial charge on any atom is 0.162 e. The van der Waals surface area contributed by atoms with Gasteiger partial charge in [0.15, 0.2) is 5.82 Å². The monoisotopic (exact) mass is 756 g/mol. The Hall–Kier alpha value is -7.56. The summed E-state index contributed by atoms with van der Waals surface area (Å²) >= 11 is 0.